The molecule has 6 heteroatoms. The molecule has 0 aromatic carbocycles. The Labute approximate surface area is 151 Å². The monoisotopic (exact) mass is 354 g/mol. The minimum atomic E-state index is -0.0302. The summed E-state index contributed by atoms with van der Waals surface area (Å²) in [5, 5.41) is 11.0. The standard InChI is InChI=1S/C18H30N4O.ClH/c1-18(2)8-5-14(6-9-18)12-20-17(23)16-7-11-22(21-16)15-4-3-10-19-13-15;/h7,11,14-15,19H,3-6,8-10,12-13H2,1-2H3,(H,20,23);1H. The molecule has 0 radical (unpaired) electrons. The largest absolute Gasteiger partial charge is 0.350 e. The highest BCUT2D eigenvalue weighted by molar-refractivity contribution is 5.92. The second kappa shape index (κ2) is 8.34. The van der Waals surface area contributed by atoms with Gasteiger partial charge in [-0.15, -0.1) is 12.4 Å². The van der Waals surface area contributed by atoms with E-state index in [1.165, 1.54) is 32.1 Å². The zero-order valence-corrected chi connectivity index (χ0v) is 15.7. The molecular weight excluding hydrogens is 324 g/mol. The van der Waals surface area contributed by atoms with Crippen molar-refractivity contribution in [3.8, 4) is 0 Å². The van der Waals surface area contributed by atoms with Crippen LogP contribution in [0.2, 0.25) is 0 Å². The van der Waals surface area contributed by atoms with Crippen LogP contribution in [0.3, 0.4) is 0 Å². The van der Waals surface area contributed by atoms with Crippen LogP contribution in [0.4, 0.5) is 0 Å². The van der Waals surface area contributed by atoms with Crippen LogP contribution in [-0.2, 0) is 0 Å². The number of halogens is 1. The molecule has 1 aliphatic carbocycles. The predicted octanol–water partition coefficient (Wildman–Crippen LogP) is 3.18. The van der Waals surface area contributed by atoms with Crippen LogP contribution in [-0.4, -0.2) is 35.3 Å². The molecule has 0 spiro atoms. The second-order valence-corrected chi connectivity index (χ2v) is 8.00. The van der Waals surface area contributed by atoms with Crippen LogP contribution in [0.25, 0.3) is 0 Å². The van der Waals surface area contributed by atoms with Gasteiger partial charge in [0.2, 0.25) is 0 Å². The molecule has 24 heavy (non-hydrogen) atoms. The summed E-state index contributed by atoms with van der Waals surface area (Å²) in [5.41, 5.74) is 1.03. The van der Waals surface area contributed by atoms with E-state index < -0.39 is 0 Å². The first-order chi connectivity index (χ1) is 11.0. The molecule has 2 heterocycles. The van der Waals surface area contributed by atoms with E-state index in [1.807, 2.05) is 16.9 Å². The first kappa shape index (κ1) is 19.3. The number of nitrogens with one attached hydrogen (secondary N) is 2. The summed E-state index contributed by atoms with van der Waals surface area (Å²) in [7, 11) is 0. The minimum Gasteiger partial charge on any atom is -0.350 e. The van der Waals surface area contributed by atoms with Gasteiger partial charge in [-0.2, -0.15) is 5.10 Å². The van der Waals surface area contributed by atoms with E-state index in [-0.39, 0.29) is 18.3 Å². The quantitative estimate of drug-likeness (QED) is 0.873. The van der Waals surface area contributed by atoms with Gasteiger partial charge in [0.25, 0.3) is 5.91 Å². The van der Waals surface area contributed by atoms with Crippen LogP contribution in [0.15, 0.2) is 12.3 Å². The molecule has 1 aromatic heterocycles. The lowest BCUT2D eigenvalue weighted by Gasteiger charge is -2.34. The summed E-state index contributed by atoms with van der Waals surface area (Å²) in [6, 6.07) is 2.22. The van der Waals surface area contributed by atoms with Crippen molar-refractivity contribution in [1.29, 1.82) is 0 Å². The van der Waals surface area contributed by atoms with E-state index in [9.17, 15) is 4.79 Å². The first-order valence-corrected chi connectivity index (χ1v) is 9.08. The van der Waals surface area contributed by atoms with E-state index in [1.54, 1.807) is 0 Å². The van der Waals surface area contributed by atoms with E-state index in [4.69, 9.17) is 0 Å². The summed E-state index contributed by atoms with van der Waals surface area (Å²) in [4.78, 5) is 12.3. The van der Waals surface area contributed by atoms with Crippen molar-refractivity contribution in [3.63, 3.8) is 0 Å². The summed E-state index contributed by atoms with van der Waals surface area (Å²) < 4.78 is 1.95. The van der Waals surface area contributed by atoms with Gasteiger partial charge in [0.15, 0.2) is 0 Å². The van der Waals surface area contributed by atoms with Gasteiger partial charge in [-0.1, -0.05) is 13.8 Å². The van der Waals surface area contributed by atoms with Crippen molar-refractivity contribution in [2.75, 3.05) is 19.6 Å². The Balaban J connectivity index is 0.00000208. The maximum absolute atomic E-state index is 12.3. The van der Waals surface area contributed by atoms with Gasteiger partial charge in [0, 0.05) is 19.3 Å². The van der Waals surface area contributed by atoms with Gasteiger partial charge in [-0.25, -0.2) is 0 Å². The molecule has 3 rings (SSSR count). The zero-order chi connectivity index (χ0) is 16.3. The Hall–Kier alpha value is -1.07. The van der Waals surface area contributed by atoms with Gasteiger partial charge in [0.1, 0.15) is 5.69 Å². The fraction of sp³-hybridized carbons (Fsp3) is 0.778. The van der Waals surface area contributed by atoms with E-state index in [2.05, 4.69) is 29.6 Å². The Morgan fingerprint density at radius 1 is 1.38 bits per heavy atom. The summed E-state index contributed by atoms with van der Waals surface area (Å²) in [6.45, 7) is 7.50. The van der Waals surface area contributed by atoms with E-state index in [0.717, 1.165) is 26.1 Å². The molecule has 2 N–H and O–H groups in total. The molecule has 1 aromatic rings. The van der Waals surface area contributed by atoms with Crippen molar-refractivity contribution >= 4 is 18.3 Å². The third kappa shape index (κ3) is 4.96. The lowest BCUT2D eigenvalue weighted by molar-refractivity contribution is 0.0930. The second-order valence-electron chi connectivity index (χ2n) is 8.00. The number of amides is 1. The average molecular weight is 355 g/mol. The molecule has 1 aliphatic heterocycles. The third-order valence-corrected chi connectivity index (χ3v) is 5.50. The van der Waals surface area contributed by atoms with Crippen LogP contribution in [0, 0.1) is 11.3 Å². The summed E-state index contributed by atoms with van der Waals surface area (Å²) >= 11 is 0. The number of hydrogen-bond donors (Lipinski definition) is 2. The maximum Gasteiger partial charge on any atom is 0.271 e. The summed E-state index contributed by atoms with van der Waals surface area (Å²) in [5.74, 6) is 0.592. The predicted molar refractivity (Wildman–Crippen MR) is 98.7 cm³/mol. The Morgan fingerprint density at radius 2 is 2.12 bits per heavy atom. The van der Waals surface area contributed by atoms with Crippen molar-refractivity contribution in [2.45, 2.75) is 58.4 Å². The Morgan fingerprint density at radius 3 is 2.79 bits per heavy atom. The van der Waals surface area contributed by atoms with Crippen LogP contribution in [0.5, 0.6) is 0 Å². The fourth-order valence-electron chi connectivity index (χ4n) is 3.71. The molecule has 1 atom stereocenters. The van der Waals surface area contributed by atoms with E-state index in [0.29, 0.717) is 23.1 Å². The smallest absolute Gasteiger partial charge is 0.271 e. The molecule has 2 fully saturated rings. The summed E-state index contributed by atoms with van der Waals surface area (Å²) in [6.07, 6.45) is 9.20. The molecule has 1 unspecified atom stereocenters. The van der Waals surface area contributed by atoms with Gasteiger partial charge < -0.3 is 10.6 Å². The van der Waals surface area contributed by atoms with Crippen molar-refractivity contribution < 1.29 is 4.79 Å². The zero-order valence-electron chi connectivity index (χ0n) is 14.9. The maximum atomic E-state index is 12.3. The number of rotatable bonds is 4. The van der Waals surface area contributed by atoms with Crippen molar-refractivity contribution in [2.24, 2.45) is 11.3 Å². The van der Waals surface area contributed by atoms with Crippen LogP contribution in [0.1, 0.15) is 68.9 Å². The van der Waals surface area contributed by atoms with Crippen molar-refractivity contribution in [3.05, 3.63) is 18.0 Å². The number of piperidine rings is 1. The fourth-order valence-corrected chi connectivity index (χ4v) is 3.71. The molecular formula is C18H31ClN4O. The van der Waals surface area contributed by atoms with Crippen LogP contribution < -0.4 is 10.6 Å². The average Bonchev–Trinajstić information content (AvgIpc) is 3.04. The van der Waals surface area contributed by atoms with Gasteiger partial charge in [-0.05, 0) is 62.5 Å². The molecule has 136 valence electrons. The number of nitrogens with zero attached hydrogens (tertiary/aromatic N) is 2. The molecule has 5 nitrogen and oxygen atoms in total. The highest BCUT2D eigenvalue weighted by Crippen LogP contribution is 2.37. The SMILES string of the molecule is CC1(C)CCC(CNC(=O)c2ccn(C3CCCNC3)n2)CC1.Cl. The van der Waals surface area contributed by atoms with Gasteiger partial charge in [0.05, 0.1) is 6.04 Å². The Kier molecular flexibility index (Phi) is 6.70. The molecule has 2 aliphatic rings. The van der Waals surface area contributed by atoms with Crippen LogP contribution >= 0.6 is 12.4 Å². The first-order valence-electron chi connectivity index (χ1n) is 9.08. The molecule has 1 saturated heterocycles. The molecule has 1 saturated carbocycles. The number of aromatic nitrogens is 2. The molecule has 0 bridgehead atoms. The Bertz CT molecular complexity index is 527. The van der Waals surface area contributed by atoms with Gasteiger partial charge in [-0.3, -0.25) is 9.48 Å². The lowest BCUT2D eigenvalue weighted by atomic mass is 9.73. The third-order valence-electron chi connectivity index (χ3n) is 5.50. The van der Waals surface area contributed by atoms with E-state index >= 15 is 0 Å². The number of hydrogen-bond acceptors (Lipinski definition) is 3. The molecule has 1 amide bonds. The number of carbonyl (C=O) groups is 1. The topological polar surface area (TPSA) is 59.0 Å². The van der Waals surface area contributed by atoms with Gasteiger partial charge >= 0.3 is 0 Å². The minimum absolute atomic E-state index is 0. The highest BCUT2D eigenvalue weighted by Gasteiger charge is 2.27. The normalized spacial score (nSPS) is 24.2. The lowest BCUT2D eigenvalue weighted by Crippen LogP contribution is -2.34. The van der Waals surface area contributed by atoms with Crippen molar-refractivity contribution in [1.82, 2.24) is 20.4 Å². The number of carbonyl (C=O) groups excluding carboxylic acids is 1. The highest BCUT2D eigenvalue weighted by atomic mass is 35.5.